The second kappa shape index (κ2) is 4.75. The third-order valence-corrected chi connectivity index (χ3v) is 3.27. The summed E-state index contributed by atoms with van der Waals surface area (Å²) in [6.45, 7) is 2.09. The van der Waals surface area contributed by atoms with Crippen LogP contribution in [0.4, 0.5) is 5.69 Å². The van der Waals surface area contributed by atoms with Crippen LogP contribution in [-0.4, -0.2) is 30.3 Å². The van der Waals surface area contributed by atoms with E-state index in [0.29, 0.717) is 11.6 Å². The van der Waals surface area contributed by atoms with Gasteiger partial charge in [-0.05, 0) is 38.0 Å². The number of benzene rings is 1. The third kappa shape index (κ3) is 2.26. The van der Waals surface area contributed by atoms with Crippen molar-refractivity contribution in [2.45, 2.75) is 32.0 Å². The van der Waals surface area contributed by atoms with E-state index < -0.39 is 6.23 Å². The van der Waals surface area contributed by atoms with Gasteiger partial charge in [-0.25, -0.2) is 0 Å². The van der Waals surface area contributed by atoms with Crippen molar-refractivity contribution in [2.24, 2.45) is 0 Å². The van der Waals surface area contributed by atoms with Crippen molar-refractivity contribution in [3.8, 4) is 0 Å². The van der Waals surface area contributed by atoms with Crippen LogP contribution < -0.4 is 10.2 Å². The van der Waals surface area contributed by atoms with Gasteiger partial charge in [0.05, 0.1) is 0 Å². The van der Waals surface area contributed by atoms with Gasteiger partial charge in [-0.1, -0.05) is 6.07 Å². The molecule has 0 spiro atoms. The number of amides is 1. The largest absolute Gasteiger partial charge is 0.374 e. The molecule has 0 aliphatic carbocycles. The van der Waals surface area contributed by atoms with E-state index in [4.69, 9.17) is 0 Å². The number of carbonyl (C=O) groups excluding carboxylic acids is 1. The summed E-state index contributed by atoms with van der Waals surface area (Å²) in [7, 11) is 1.61. The summed E-state index contributed by atoms with van der Waals surface area (Å²) in [6.07, 6.45) is 1.32. The smallest absolute Gasteiger partial charge is 0.251 e. The first kappa shape index (κ1) is 11.9. The molecule has 1 fully saturated rings. The number of nitrogens with one attached hydrogen (secondary N) is 1. The Morgan fingerprint density at radius 2 is 2.24 bits per heavy atom. The number of nitrogens with zero attached hydrogens (tertiary/aromatic N) is 1. The molecular weight excluding hydrogens is 216 g/mol. The monoisotopic (exact) mass is 234 g/mol. The molecule has 2 N–H and O–H groups in total. The molecule has 1 aromatic carbocycles. The maximum atomic E-state index is 11.6. The second-order valence-electron chi connectivity index (χ2n) is 4.44. The van der Waals surface area contributed by atoms with Gasteiger partial charge in [0, 0.05) is 24.3 Å². The molecule has 4 nitrogen and oxygen atoms in total. The molecule has 4 heteroatoms. The number of hydrogen-bond acceptors (Lipinski definition) is 3. The minimum absolute atomic E-state index is 0.104. The summed E-state index contributed by atoms with van der Waals surface area (Å²) >= 11 is 0. The van der Waals surface area contributed by atoms with Gasteiger partial charge in [0.15, 0.2) is 0 Å². The van der Waals surface area contributed by atoms with Crippen LogP contribution in [0.3, 0.4) is 0 Å². The summed E-state index contributed by atoms with van der Waals surface area (Å²) in [5, 5.41) is 12.5. The van der Waals surface area contributed by atoms with Gasteiger partial charge < -0.3 is 15.3 Å². The van der Waals surface area contributed by atoms with Gasteiger partial charge in [-0.3, -0.25) is 4.79 Å². The predicted octanol–water partition coefficient (Wildman–Crippen LogP) is 1.35. The van der Waals surface area contributed by atoms with Gasteiger partial charge in [-0.2, -0.15) is 0 Å². The van der Waals surface area contributed by atoms with Gasteiger partial charge in [0.2, 0.25) is 0 Å². The molecule has 1 aromatic rings. The first-order valence-electron chi connectivity index (χ1n) is 5.92. The molecule has 1 aliphatic rings. The lowest BCUT2D eigenvalue weighted by Crippen LogP contribution is -2.34. The number of aliphatic hydroxyl groups excluding tert-OH is 1. The van der Waals surface area contributed by atoms with E-state index in [9.17, 15) is 9.90 Å². The Balaban J connectivity index is 2.29. The first-order valence-corrected chi connectivity index (χ1v) is 5.92. The fourth-order valence-electron chi connectivity index (χ4n) is 2.34. The summed E-state index contributed by atoms with van der Waals surface area (Å²) in [5.41, 5.74) is 1.53. The Labute approximate surface area is 101 Å². The van der Waals surface area contributed by atoms with Gasteiger partial charge in [0.25, 0.3) is 5.91 Å². The van der Waals surface area contributed by atoms with Crippen molar-refractivity contribution in [2.75, 3.05) is 11.9 Å². The van der Waals surface area contributed by atoms with E-state index in [2.05, 4.69) is 12.2 Å². The fraction of sp³-hybridized carbons (Fsp3) is 0.462. The van der Waals surface area contributed by atoms with Crippen LogP contribution in [0.5, 0.6) is 0 Å². The zero-order valence-corrected chi connectivity index (χ0v) is 10.2. The molecule has 2 rings (SSSR count). The van der Waals surface area contributed by atoms with Crippen LogP contribution in [-0.2, 0) is 0 Å². The average molecular weight is 234 g/mol. The topological polar surface area (TPSA) is 52.6 Å². The van der Waals surface area contributed by atoms with Gasteiger partial charge in [0.1, 0.15) is 6.23 Å². The van der Waals surface area contributed by atoms with Crippen LogP contribution in [0.1, 0.15) is 30.1 Å². The van der Waals surface area contributed by atoms with Crippen LogP contribution >= 0.6 is 0 Å². The first-order chi connectivity index (χ1) is 8.13. The molecule has 1 aliphatic heterocycles. The lowest BCUT2D eigenvalue weighted by Gasteiger charge is -2.27. The van der Waals surface area contributed by atoms with Crippen molar-refractivity contribution in [3.05, 3.63) is 29.8 Å². The van der Waals surface area contributed by atoms with E-state index in [-0.39, 0.29) is 5.91 Å². The maximum Gasteiger partial charge on any atom is 0.251 e. The lowest BCUT2D eigenvalue weighted by molar-refractivity contribution is 0.0963. The van der Waals surface area contributed by atoms with E-state index >= 15 is 0 Å². The lowest BCUT2D eigenvalue weighted by atomic mass is 10.1. The highest BCUT2D eigenvalue weighted by Crippen LogP contribution is 2.29. The molecule has 92 valence electrons. The zero-order chi connectivity index (χ0) is 12.4. The number of carbonyl (C=O) groups is 1. The Kier molecular flexibility index (Phi) is 3.33. The minimum Gasteiger partial charge on any atom is -0.374 e. The highest BCUT2D eigenvalue weighted by molar-refractivity contribution is 5.94. The molecule has 0 radical (unpaired) electrons. The van der Waals surface area contributed by atoms with Crippen LogP contribution in [0, 0.1) is 0 Å². The number of aliphatic hydroxyl groups is 1. The molecule has 1 heterocycles. The van der Waals surface area contributed by atoms with Crippen molar-refractivity contribution >= 4 is 11.6 Å². The van der Waals surface area contributed by atoms with Crippen molar-refractivity contribution < 1.29 is 9.90 Å². The minimum atomic E-state index is -0.440. The Morgan fingerprint density at radius 3 is 2.82 bits per heavy atom. The quantitative estimate of drug-likeness (QED) is 0.812. The summed E-state index contributed by atoms with van der Waals surface area (Å²) in [4.78, 5) is 13.5. The van der Waals surface area contributed by atoms with E-state index in [0.717, 1.165) is 18.5 Å². The highest BCUT2D eigenvalue weighted by Gasteiger charge is 2.29. The van der Waals surface area contributed by atoms with Gasteiger partial charge >= 0.3 is 0 Å². The molecule has 2 atom stereocenters. The number of anilines is 1. The maximum absolute atomic E-state index is 11.6. The van der Waals surface area contributed by atoms with Crippen molar-refractivity contribution in [1.82, 2.24) is 5.32 Å². The number of hydrogen-bond donors (Lipinski definition) is 2. The zero-order valence-electron chi connectivity index (χ0n) is 10.2. The summed E-state index contributed by atoms with van der Waals surface area (Å²) in [6, 6.07) is 7.68. The SMILES string of the molecule is CNC(=O)c1cccc(N2C(C)CCC2O)c1. The van der Waals surface area contributed by atoms with Crippen LogP contribution in [0.15, 0.2) is 24.3 Å². The predicted molar refractivity (Wildman–Crippen MR) is 67.0 cm³/mol. The average Bonchev–Trinajstić information content (AvgIpc) is 2.68. The highest BCUT2D eigenvalue weighted by atomic mass is 16.3. The molecular formula is C13H18N2O2. The molecule has 0 aromatic heterocycles. The third-order valence-electron chi connectivity index (χ3n) is 3.27. The van der Waals surface area contributed by atoms with E-state index in [1.165, 1.54) is 0 Å². The van der Waals surface area contributed by atoms with Crippen molar-refractivity contribution in [3.63, 3.8) is 0 Å². The Bertz CT molecular complexity index is 410. The Morgan fingerprint density at radius 1 is 1.47 bits per heavy atom. The van der Waals surface area contributed by atoms with Gasteiger partial charge in [-0.15, -0.1) is 0 Å². The van der Waals surface area contributed by atoms with Crippen LogP contribution in [0.25, 0.3) is 0 Å². The molecule has 0 saturated carbocycles. The summed E-state index contributed by atoms with van der Waals surface area (Å²) in [5.74, 6) is -0.104. The second-order valence-corrected chi connectivity index (χ2v) is 4.44. The molecule has 17 heavy (non-hydrogen) atoms. The normalized spacial score (nSPS) is 23.8. The van der Waals surface area contributed by atoms with Crippen LogP contribution in [0.2, 0.25) is 0 Å². The molecule has 0 bridgehead atoms. The Hall–Kier alpha value is -1.55. The summed E-state index contributed by atoms with van der Waals surface area (Å²) < 4.78 is 0. The fourth-order valence-corrected chi connectivity index (χ4v) is 2.34. The van der Waals surface area contributed by atoms with Crippen molar-refractivity contribution in [1.29, 1.82) is 0 Å². The number of rotatable bonds is 2. The standard InChI is InChI=1S/C13H18N2O2/c1-9-6-7-12(16)15(9)11-5-3-4-10(8-11)13(17)14-2/h3-5,8-9,12,16H,6-7H2,1-2H3,(H,14,17). The van der Waals surface area contributed by atoms with E-state index in [1.54, 1.807) is 13.1 Å². The molecule has 2 unspecified atom stereocenters. The van der Waals surface area contributed by atoms with E-state index in [1.807, 2.05) is 23.1 Å². The molecule has 1 amide bonds. The molecule has 1 saturated heterocycles.